The fourth-order valence-electron chi connectivity index (χ4n) is 1.37. The maximum atomic E-state index is 12.6. The number of carbonyl (C=O) groups is 2. The van der Waals surface area contributed by atoms with Gasteiger partial charge >= 0.3 is 12.1 Å². The molecule has 0 saturated carbocycles. The lowest BCUT2D eigenvalue weighted by atomic mass is 9.99. The molecule has 0 heterocycles. The van der Waals surface area contributed by atoms with E-state index in [-0.39, 0.29) is 0 Å². The molecule has 0 aromatic heterocycles. The van der Waals surface area contributed by atoms with Crippen LogP contribution in [-0.2, 0) is 11.0 Å². The summed E-state index contributed by atoms with van der Waals surface area (Å²) in [6.45, 7) is 1.46. The first-order valence-corrected chi connectivity index (χ1v) is 4.64. The molecule has 1 aromatic carbocycles. The van der Waals surface area contributed by atoms with Crippen molar-refractivity contribution in [1.82, 2.24) is 0 Å². The van der Waals surface area contributed by atoms with Crippen LogP contribution in [0.5, 0.6) is 0 Å². The van der Waals surface area contributed by atoms with Crippen molar-refractivity contribution in [3.8, 4) is 0 Å². The molecule has 0 radical (unpaired) electrons. The van der Waals surface area contributed by atoms with E-state index in [0.717, 1.165) is 12.1 Å². The lowest BCUT2D eigenvalue weighted by Gasteiger charge is -2.12. The van der Waals surface area contributed by atoms with Crippen molar-refractivity contribution >= 4 is 11.8 Å². The van der Waals surface area contributed by atoms with E-state index in [0.29, 0.717) is 5.56 Å². The first-order chi connectivity index (χ1) is 7.71. The Balaban J connectivity index is 3.24. The van der Waals surface area contributed by atoms with Gasteiger partial charge in [0.15, 0.2) is 5.78 Å². The summed E-state index contributed by atoms with van der Waals surface area (Å²) in [6, 6.07) is 3.17. The first-order valence-electron chi connectivity index (χ1n) is 4.64. The second-order valence-electron chi connectivity index (χ2n) is 3.54. The second-order valence-corrected chi connectivity index (χ2v) is 3.54. The zero-order valence-electron chi connectivity index (χ0n) is 8.84. The summed E-state index contributed by atoms with van der Waals surface area (Å²) in [6.07, 6.45) is -5.62. The molecule has 92 valence electrons. The lowest BCUT2D eigenvalue weighted by Crippen LogP contribution is -2.15. The zero-order chi connectivity index (χ0) is 13.2. The van der Waals surface area contributed by atoms with Gasteiger partial charge in [-0.2, -0.15) is 13.2 Å². The molecule has 0 amide bonds. The van der Waals surface area contributed by atoms with Crippen LogP contribution in [0.2, 0.25) is 0 Å². The van der Waals surface area contributed by atoms with Crippen LogP contribution in [-0.4, -0.2) is 16.9 Å². The molecule has 0 aliphatic heterocycles. The Morgan fingerprint density at radius 3 is 2.35 bits per heavy atom. The lowest BCUT2D eigenvalue weighted by molar-refractivity contribution is -0.139. The number of carbonyl (C=O) groups excluding carboxylic acids is 1. The monoisotopic (exact) mass is 246 g/mol. The Bertz CT molecular complexity index is 464. The van der Waals surface area contributed by atoms with Gasteiger partial charge < -0.3 is 5.11 Å². The molecule has 0 unspecified atom stereocenters. The maximum absolute atomic E-state index is 12.6. The van der Waals surface area contributed by atoms with E-state index in [9.17, 15) is 22.8 Å². The van der Waals surface area contributed by atoms with E-state index in [1.54, 1.807) is 0 Å². The van der Waals surface area contributed by atoms with Gasteiger partial charge in [-0.05, 0) is 13.0 Å². The fraction of sp³-hybridized carbons (Fsp3) is 0.273. The quantitative estimate of drug-likeness (QED) is 0.659. The SMILES string of the molecule is Cc1ccc(C(=O)CC(=O)O)c(C(F)(F)F)c1. The van der Waals surface area contributed by atoms with Crippen molar-refractivity contribution in [1.29, 1.82) is 0 Å². The molecule has 1 N–H and O–H groups in total. The number of Topliss-reactive ketones (excluding diaryl/α,β-unsaturated/α-hetero) is 1. The van der Waals surface area contributed by atoms with Crippen molar-refractivity contribution < 1.29 is 27.9 Å². The van der Waals surface area contributed by atoms with Gasteiger partial charge in [-0.15, -0.1) is 0 Å². The molecule has 0 atom stereocenters. The summed E-state index contributed by atoms with van der Waals surface area (Å²) in [5.41, 5.74) is -1.35. The summed E-state index contributed by atoms with van der Waals surface area (Å²) in [7, 11) is 0. The smallest absolute Gasteiger partial charge is 0.417 e. The van der Waals surface area contributed by atoms with E-state index >= 15 is 0 Å². The van der Waals surface area contributed by atoms with Crippen LogP contribution in [0.1, 0.15) is 27.9 Å². The summed E-state index contributed by atoms with van der Waals surface area (Å²) >= 11 is 0. The van der Waals surface area contributed by atoms with Gasteiger partial charge in [0, 0.05) is 5.56 Å². The number of aliphatic carboxylic acids is 1. The van der Waals surface area contributed by atoms with Gasteiger partial charge in [0.2, 0.25) is 0 Å². The number of carboxylic acids is 1. The highest BCUT2D eigenvalue weighted by molar-refractivity contribution is 6.06. The molecular weight excluding hydrogens is 237 g/mol. The second kappa shape index (κ2) is 4.57. The standard InChI is InChI=1S/C11H9F3O3/c1-6-2-3-7(9(15)5-10(16)17)8(4-6)11(12,13)14/h2-4H,5H2,1H3,(H,16,17). The number of carboxylic acid groups (broad SMARTS) is 1. The van der Waals surface area contributed by atoms with E-state index < -0.39 is 35.5 Å². The van der Waals surface area contributed by atoms with Crippen LogP contribution >= 0.6 is 0 Å². The highest BCUT2D eigenvalue weighted by Gasteiger charge is 2.35. The molecule has 1 aromatic rings. The van der Waals surface area contributed by atoms with Crippen LogP contribution in [0.15, 0.2) is 18.2 Å². The van der Waals surface area contributed by atoms with Crippen LogP contribution < -0.4 is 0 Å². The first kappa shape index (κ1) is 13.2. The molecule has 0 saturated heterocycles. The average Bonchev–Trinajstić information content (AvgIpc) is 2.14. The van der Waals surface area contributed by atoms with Gasteiger partial charge in [0.25, 0.3) is 0 Å². The largest absolute Gasteiger partial charge is 0.481 e. The zero-order valence-corrected chi connectivity index (χ0v) is 8.84. The molecule has 6 heteroatoms. The highest BCUT2D eigenvalue weighted by atomic mass is 19.4. The fourth-order valence-corrected chi connectivity index (χ4v) is 1.37. The van der Waals surface area contributed by atoms with Crippen molar-refractivity contribution in [3.05, 3.63) is 34.9 Å². The van der Waals surface area contributed by atoms with E-state index in [4.69, 9.17) is 5.11 Å². The predicted octanol–water partition coefficient (Wildman–Crippen LogP) is 2.67. The van der Waals surface area contributed by atoms with Crippen molar-refractivity contribution in [2.24, 2.45) is 0 Å². The van der Waals surface area contributed by atoms with Crippen LogP contribution in [0.3, 0.4) is 0 Å². The summed E-state index contributed by atoms with van der Waals surface area (Å²) < 4.78 is 37.9. The number of rotatable bonds is 3. The van der Waals surface area contributed by atoms with Crippen molar-refractivity contribution in [2.45, 2.75) is 19.5 Å². The van der Waals surface area contributed by atoms with Gasteiger partial charge in [0.1, 0.15) is 6.42 Å². The maximum Gasteiger partial charge on any atom is 0.417 e. The van der Waals surface area contributed by atoms with Crippen LogP contribution in [0.25, 0.3) is 0 Å². The topological polar surface area (TPSA) is 54.4 Å². The average molecular weight is 246 g/mol. The third-order valence-corrected chi connectivity index (χ3v) is 2.09. The number of hydrogen-bond donors (Lipinski definition) is 1. The van der Waals surface area contributed by atoms with Crippen LogP contribution in [0, 0.1) is 6.92 Å². The van der Waals surface area contributed by atoms with Gasteiger partial charge in [-0.3, -0.25) is 9.59 Å². The molecule has 3 nitrogen and oxygen atoms in total. The summed E-state index contributed by atoms with van der Waals surface area (Å²) in [4.78, 5) is 21.7. The highest BCUT2D eigenvalue weighted by Crippen LogP contribution is 2.33. The predicted molar refractivity (Wildman–Crippen MR) is 52.8 cm³/mol. The molecular formula is C11H9F3O3. The van der Waals surface area contributed by atoms with Crippen molar-refractivity contribution in [2.75, 3.05) is 0 Å². The molecule has 1 rings (SSSR count). The van der Waals surface area contributed by atoms with Gasteiger partial charge in [0.05, 0.1) is 5.56 Å². The number of aryl methyl sites for hydroxylation is 1. The number of halogens is 3. The summed E-state index contributed by atoms with van der Waals surface area (Å²) in [5.74, 6) is -2.51. The molecule has 0 spiro atoms. The Morgan fingerprint density at radius 1 is 1.29 bits per heavy atom. The molecule has 17 heavy (non-hydrogen) atoms. The van der Waals surface area contributed by atoms with Gasteiger partial charge in [-0.25, -0.2) is 0 Å². The Kier molecular flexibility index (Phi) is 3.55. The van der Waals surface area contributed by atoms with Crippen molar-refractivity contribution in [3.63, 3.8) is 0 Å². The minimum atomic E-state index is -4.67. The number of hydrogen-bond acceptors (Lipinski definition) is 2. The molecule has 0 fully saturated rings. The minimum absolute atomic E-state index is 0.351. The van der Waals surface area contributed by atoms with E-state index in [2.05, 4.69) is 0 Å². The van der Waals surface area contributed by atoms with E-state index in [1.807, 2.05) is 0 Å². The molecule has 0 aliphatic rings. The van der Waals surface area contributed by atoms with Crippen LogP contribution in [0.4, 0.5) is 13.2 Å². The Morgan fingerprint density at radius 2 is 1.88 bits per heavy atom. The third-order valence-electron chi connectivity index (χ3n) is 2.09. The third kappa shape index (κ3) is 3.30. The number of alkyl halides is 3. The Labute approximate surface area is 94.9 Å². The minimum Gasteiger partial charge on any atom is -0.481 e. The number of benzene rings is 1. The molecule has 0 bridgehead atoms. The number of ketones is 1. The molecule has 0 aliphatic carbocycles. The Hall–Kier alpha value is -1.85. The van der Waals surface area contributed by atoms with E-state index in [1.165, 1.54) is 13.0 Å². The summed E-state index contributed by atoms with van der Waals surface area (Å²) in [5, 5.41) is 8.39. The van der Waals surface area contributed by atoms with Gasteiger partial charge in [-0.1, -0.05) is 17.7 Å². The normalized spacial score (nSPS) is 11.3.